The summed E-state index contributed by atoms with van der Waals surface area (Å²) in [6, 6.07) is 5.85. The molecule has 104 valence electrons. The molecule has 0 radical (unpaired) electrons. The standard InChI is InChI=1S/C15H21NO3/c1-3-19-13-5-4-11(2)14(10-13)15(17)16-12-6-8-18-9-7-12/h4-5,10,12H,3,6-9H2,1-2H3,(H,16,17). The minimum Gasteiger partial charge on any atom is -0.494 e. The summed E-state index contributed by atoms with van der Waals surface area (Å²) in [5.74, 6) is 0.719. The first-order chi connectivity index (χ1) is 9.20. The van der Waals surface area contributed by atoms with Crippen LogP contribution in [0.1, 0.15) is 35.7 Å². The van der Waals surface area contributed by atoms with Crippen LogP contribution >= 0.6 is 0 Å². The topological polar surface area (TPSA) is 47.6 Å². The molecule has 0 unspecified atom stereocenters. The second kappa shape index (κ2) is 6.57. The van der Waals surface area contributed by atoms with Crippen LogP contribution in [0.3, 0.4) is 0 Å². The van der Waals surface area contributed by atoms with Crippen molar-refractivity contribution in [2.45, 2.75) is 32.7 Å². The van der Waals surface area contributed by atoms with Crippen molar-refractivity contribution in [1.82, 2.24) is 5.32 Å². The summed E-state index contributed by atoms with van der Waals surface area (Å²) in [5, 5.41) is 3.07. The number of rotatable bonds is 4. The lowest BCUT2D eigenvalue weighted by Gasteiger charge is -2.23. The summed E-state index contributed by atoms with van der Waals surface area (Å²) in [5.41, 5.74) is 1.66. The monoisotopic (exact) mass is 263 g/mol. The van der Waals surface area contributed by atoms with Crippen LogP contribution in [-0.4, -0.2) is 31.8 Å². The van der Waals surface area contributed by atoms with E-state index in [9.17, 15) is 4.79 Å². The highest BCUT2D eigenvalue weighted by Gasteiger charge is 2.18. The van der Waals surface area contributed by atoms with Gasteiger partial charge in [-0.1, -0.05) is 6.07 Å². The van der Waals surface area contributed by atoms with Crippen molar-refractivity contribution in [2.24, 2.45) is 0 Å². The number of hydrogen-bond acceptors (Lipinski definition) is 3. The van der Waals surface area contributed by atoms with Crippen LogP contribution in [0.5, 0.6) is 5.75 Å². The van der Waals surface area contributed by atoms with Crippen LogP contribution in [0, 0.1) is 6.92 Å². The maximum absolute atomic E-state index is 12.3. The van der Waals surface area contributed by atoms with Crippen LogP contribution < -0.4 is 10.1 Å². The molecule has 1 aliphatic rings. The van der Waals surface area contributed by atoms with Gasteiger partial charge in [-0.2, -0.15) is 0 Å². The Morgan fingerprint density at radius 1 is 1.42 bits per heavy atom. The highest BCUT2D eigenvalue weighted by Crippen LogP contribution is 2.18. The molecule has 0 spiro atoms. The molecule has 1 saturated heterocycles. The maximum atomic E-state index is 12.3. The molecular formula is C15H21NO3. The van der Waals surface area contributed by atoms with Gasteiger partial charge in [0, 0.05) is 24.8 Å². The van der Waals surface area contributed by atoms with Crippen LogP contribution in [0.4, 0.5) is 0 Å². The van der Waals surface area contributed by atoms with E-state index in [1.165, 1.54) is 0 Å². The minimum atomic E-state index is -0.0223. The largest absolute Gasteiger partial charge is 0.494 e. The van der Waals surface area contributed by atoms with E-state index in [0.717, 1.165) is 37.4 Å². The number of aryl methyl sites for hydroxylation is 1. The van der Waals surface area contributed by atoms with Gasteiger partial charge in [0.2, 0.25) is 0 Å². The number of benzene rings is 1. The number of ether oxygens (including phenoxy) is 2. The zero-order valence-electron chi connectivity index (χ0n) is 11.6. The summed E-state index contributed by atoms with van der Waals surface area (Å²) >= 11 is 0. The molecule has 0 bridgehead atoms. The summed E-state index contributed by atoms with van der Waals surface area (Å²) < 4.78 is 10.7. The summed E-state index contributed by atoms with van der Waals surface area (Å²) in [6.45, 7) is 5.92. The Morgan fingerprint density at radius 2 is 2.16 bits per heavy atom. The van der Waals surface area contributed by atoms with Crippen LogP contribution in [0.25, 0.3) is 0 Å². The molecule has 1 aliphatic heterocycles. The minimum absolute atomic E-state index is 0.0223. The van der Waals surface area contributed by atoms with Crippen molar-refractivity contribution in [3.8, 4) is 5.75 Å². The van der Waals surface area contributed by atoms with Gasteiger partial charge in [0.05, 0.1) is 6.61 Å². The first-order valence-electron chi connectivity index (χ1n) is 6.82. The number of amides is 1. The summed E-state index contributed by atoms with van der Waals surface area (Å²) in [6.07, 6.45) is 1.77. The Bertz CT molecular complexity index is 439. The predicted octanol–water partition coefficient (Wildman–Crippen LogP) is 2.30. The van der Waals surface area contributed by atoms with E-state index in [-0.39, 0.29) is 11.9 Å². The van der Waals surface area contributed by atoms with Crippen LogP contribution in [-0.2, 0) is 4.74 Å². The zero-order valence-corrected chi connectivity index (χ0v) is 11.6. The highest BCUT2D eigenvalue weighted by atomic mass is 16.5. The van der Waals surface area contributed by atoms with E-state index in [1.807, 2.05) is 32.0 Å². The van der Waals surface area contributed by atoms with Gasteiger partial charge in [0.25, 0.3) is 5.91 Å². The van der Waals surface area contributed by atoms with E-state index in [2.05, 4.69) is 5.32 Å². The maximum Gasteiger partial charge on any atom is 0.251 e. The van der Waals surface area contributed by atoms with Gasteiger partial charge < -0.3 is 14.8 Å². The molecule has 1 heterocycles. The van der Waals surface area contributed by atoms with E-state index in [4.69, 9.17) is 9.47 Å². The second-order valence-electron chi connectivity index (χ2n) is 4.77. The number of carbonyl (C=O) groups excluding carboxylic acids is 1. The first-order valence-corrected chi connectivity index (χ1v) is 6.82. The van der Waals surface area contributed by atoms with E-state index < -0.39 is 0 Å². The molecule has 4 heteroatoms. The van der Waals surface area contributed by atoms with Crippen LogP contribution in [0.15, 0.2) is 18.2 Å². The molecule has 0 saturated carbocycles. The Kier molecular flexibility index (Phi) is 4.80. The van der Waals surface area contributed by atoms with Crippen molar-refractivity contribution in [3.05, 3.63) is 29.3 Å². The molecule has 1 aromatic carbocycles. The van der Waals surface area contributed by atoms with Crippen LogP contribution in [0.2, 0.25) is 0 Å². The third-order valence-corrected chi connectivity index (χ3v) is 3.32. The van der Waals surface area contributed by atoms with Crippen molar-refractivity contribution in [2.75, 3.05) is 19.8 Å². The first kappa shape index (κ1) is 13.9. The molecule has 1 amide bonds. The Hall–Kier alpha value is -1.55. The third-order valence-electron chi connectivity index (χ3n) is 3.32. The average molecular weight is 263 g/mol. The molecule has 2 rings (SSSR count). The fourth-order valence-electron chi connectivity index (χ4n) is 2.21. The Labute approximate surface area is 114 Å². The zero-order chi connectivity index (χ0) is 13.7. The molecule has 4 nitrogen and oxygen atoms in total. The van der Waals surface area contributed by atoms with Crippen molar-refractivity contribution < 1.29 is 14.3 Å². The number of nitrogens with one attached hydrogen (secondary N) is 1. The predicted molar refractivity (Wildman–Crippen MR) is 73.7 cm³/mol. The third kappa shape index (κ3) is 3.70. The molecule has 1 fully saturated rings. The van der Waals surface area contributed by atoms with E-state index in [1.54, 1.807) is 0 Å². The van der Waals surface area contributed by atoms with Gasteiger partial charge >= 0.3 is 0 Å². The lowest BCUT2D eigenvalue weighted by molar-refractivity contribution is 0.0696. The SMILES string of the molecule is CCOc1ccc(C)c(C(=O)NC2CCOCC2)c1. The summed E-state index contributed by atoms with van der Waals surface area (Å²) in [7, 11) is 0. The molecule has 19 heavy (non-hydrogen) atoms. The van der Waals surface area contributed by atoms with E-state index in [0.29, 0.717) is 12.2 Å². The Balaban J connectivity index is 2.06. The van der Waals surface area contributed by atoms with Gasteiger partial charge in [0.1, 0.15) is 5.75 Å². The normalized spacial score (nSPS) is 16.1. The molecule has 0 aliphatic carbocycles. The van der Waals surface area contributed by atoms with Crippen molar-refractivity contribution in [3.63, 3.8) is 0 Å². The second-order valence-corrected chi connectivity index (χ2v) is 4.77. The molecule has 0 atom stereocenters. The highest BCUT2D eigenvalue weighted by molar-refractivity contribution is 5.96. The smallest absolute Gasteiger partial charge is 0.251 e. The Morgan fingerprint density at radius 3 is 2.84 bits per heavy atom. The lowest BCUT2D eigenvalue weighted by atomic mass is 10.1. The van der Waals surface area contributed by atoms with Crippen molar-refractivity contribution >= 4 is 5.91 Å². The summed E-state index contributed by atoms with van der Waals surface area (Å²) in [4.78, 5) is 12.3. The number of carbonyl (C=O) groups is 1. The quantitative estimate of drug-likeness (QED) is 0.906. The molecule has 1 aromatic rings. The molecule has 0 aromatic heterocycles. The van der Waals surface area contributed by atoms with E-state index >= 15 is 0 Å². The van der Waals surface area contributed by atoms with Gasteiger partial charge in [-0.3, -0.25) is 4.79 Å². The number of hydrogen-bond donors (Lipinski definition) is 1. The fourth-order valence-corrected chi connectivity index (χ4v) is 2.21. The lowest BCUT2D eigenvalue weighted by Crippen LogP contribution is -2.39. The van der Waals surface area contributed by atoms with Gasteiger partial charge in [-0.15, -0.1) is 0 Å². The van der Waals surface area contributed by atoms with Gasteiger partial charge in [-0.25, -0.2) is 0 Å². The van der Waals surface area contributed by atoms with Gasteiger partial charge in [0.15, 0.2) is 0 Å². The average Bonchev–Trinajstić information content (AvgIpc) is 2.42. The fraction of sp³-hybridized carbons (Fsp3) is 0.533. The van der Waals surface area contributed by atoms with Gasteiger partial charge in [-0.05, 0) is 44.4 Å². The molecular weight excluding hydrogens is 242 g/mol. The molecule has 1 N–H and O–H groups in total. The van der Waals surface area contributed by atoms with Crippen molar-refractivity contribution in [1.29, 1.82) is 0 Å².